The Labute approximate surface area is 143 Å². The number of amides is 2. The van der Waals surface area contributed by atoms with Gasteiger partial charge in [0, 0.05) is 38.3 Å². The number of carbonyl (C=O) groups excluding carboxylic acids is 2. The Morgan fingerprint density at radius 3 is 2.62 bits per heavy atom. The number of anilines is 1. The summed E-state index contributed by atoms with van der Waals surface area (Å²) in [6.45, 7) is 7.44. The van der Waals surface area contributed by atoms with Crippen molar-refractivity contribution in [2.45, 2.75) is 32.6 Å². The average molecular weight is 330 g/mol. The maximum absolute atomic E-state index is 12.7. The summed E-state index contributed by atoms with van der Waals surface area (Å²) in [6, 6.07) is 8.10. The van der Waals surface area contributed by atoms with Crippen molar-refractivity contribution in [3.8, 4) is 0 Å². The second-order valence-corrected chi connectivity index (χ2v) is 6.94. The molecular formula is C19H26N2O3. The van der Waals surface area contributed by atoms with Crippen LogP contribution in [0, 0.1) is 5.92 Å². The van der Waals surface area contributed by atoms with Gasteiger partial charge < -0.3 is 14.5 Å². The molecule has 0 spiro atoms. The molecule has 0 radical (unpaired) electrons. The van der Waals surface area contributed by atoms with Gasteiger partial charge in [-0.05, 0) is 30.0 Å². The molecule has 2 heterocycles. The highest BCUT2D eigenvalue weighted by molar-refractivity contribution is 6.00. The van der Waals surface area contributed by atoms with Crippen LogP contribution in [0.2, 0.25) is 0 Å². The summed E-state index contributed by atoms with van der Waals surface area (Å²) in [4.78, 5) is 28.7. The van der Waals surface area contributed by atoms with Crippen LogP contribution in [-0.4, -0.2) is 49.6 Å². The maximum Gasteiger partial charge on any atom is 0.228 e. The van der Waals surface area contributed by atoms with Gasteiger partial charge in [-0.3, -0.25) is 9.59 Å². The van der Waals surface area contributed by atoms with Gasteiger partial charge in [-0.25, -0.2) is 0 Å². The van der Waals surface area contributed by atoms with Crippen molar-refractivity contribution in [1.82, 2.24) is 4.90 Å². The standard InChI is InChI=1S/C19H26N2O3/c1-14(2)15-4-6-17(7-5-15)21-13-16(12-18(21)22)19(23)20-8-3-10-24-11-9-20/h4-7,14,16H,3,8-13H2,1-2H3. The molecule has 1 atom stereocenters. The number of hydrogen-bond acceptors (Lipinski definition) is 3. The molecule has 0 N–H and O–H groups in total. The Hall–Kier alpha value is -1.88. The smallest absolute Gasteiger partial charge is 0.228 e. The second kappa shape index (κ2) is 7.34. The number of benzene rings is 1. The fourth-order valence-corrected chi connectivity index (χ4v) is 3.39. The van der Waals surface area contributed by atoms with E-state index in [2.05, 4.69) is 26.0 Å². The molecule has 5 heteroatoms. The zero-order valence-corrected chi connectivity index (χ0v) is 14.5. The molecule has 1 aromatic rings. The lowest BCUT2D eigenvalue weighted by molar-refractivity contribution is -0.135. The molecule has 24 heavy (non-hydrogen) atoms. The summed E-state index contributed by atoms with van der Waals surface area (Å²) in [5, 5.41) is 0. The van der Waals surface area contributed by atoms with Gasteiger partial charge in [0.05, 0.1) is 12.5 Å². The molecule has 3 rings (SSSR count). The fourth-order valence-electron chi connectivity index (χ4n) is 3.39. The van der Waals surface area contributed by atoms with Gasteiger partial charge in [-0.2, -0.15) is 0 Å². The van der Waals surface area contributed by atoms with Gasteiger partial charge in [-0.15, -0.1) is 0 Å². The summed E-state index contributed by atoms with van der Waals surface area (Å²) in [7, 11) is 0. The normalized spacial score (nSPS) is 22.1. The number of nitrogens with zero attached hydrogens (tertiary/aromatic N) is 2. The Bertz CT molecular complexity index is 589. The summed E-state index contributed by atoms with van der Waals surface area (Å²) in [6.07, 6.45) is 1.18. The minimum atomic E-state index is -0.236. The Kier molecular flexibility index (Phi) is 5.19. The van der Waals surface area contributed by atoms with Crippen molar-refractivity contribution >= 4 is 17.5 Å². The molecule has 2 aliphatic rings. The fraction of sp³-hybridized carbons (Fsp3) is 0.579. The first-order chi connectivity index (χ1) is 11.6. The van der Waals surface area contributed by atoms with Crippen molar-refractivity contribution in [1.29, 1.82) is 0 Å². The third-order valence-corrected chi connectivity index (χ3v) is 4.88. The van der Waals surface area contributed by atoms with Gasteiger partial charge in [0.15, 0.2) is 0 Å². The molecule has 0 aliphatic carbocycles. The average Bonchev–Trinajstić information content (AvgIpc) is 2.79. The summed E-state index contributed by atoms with van der Waals surface area (Å²) in [5.41, 5.74) is 2.14. The molecule has 1 unspecified atom stereocenters. The number of carbonyl (C=O) groups is 2. The Morgan fingerprint density at radius 1 is 1.17 bits per heavy atom. The molecule has 2 amide bonds. The zero-order chi connectivity index (χ0) is 17.1. The van der Waals surface area contributed by atoms with Crippen LogP contribution in [0.4, 0.5) is 5.69 Å². The number of rotatable bonds is 3. The third-order valence-electron chi connectivity index (χ3n) is 4.88. The highest BCUT2D eigenvalue weighted by Gasteiger charge is 2.37. The molecule has 2 aliphatic heterocycles. The Balaban J connectivity index is 1.67. The van der Waals surface area contributed by atoms with E-state index in [4.69, 9.17) is 4.74 Å². The highest BCUT2D eigenvalue weighted by atomic mass is 16.5. The second-order valence-electron chi connectivity index (χ2n) is 6.94. The monoisotopic (exact) mass is 330 g/mol. The third kappa shape index (κ3) is 3.61. The van der Waals surface area contributed by atoms with Crippen molar-refractivity contribution < 1.29 is 14.3 Å². The maximum atomic E-state index is 12.7. The van der Waals surface area contributed by atoms with Crippen LogP contribution in [0.15, 0.2) is 24.3 Å². The zero-order valence-electron chi connectivity index (χ0n) is 14.5. The molecule has 2 fully saturated rings. The van der Waals surface area contributed by atoms with Crippen LogP contribution in [0.1, 0.15) is 38.2 Å². The lowest BCUT2D eigenvalue weighted by atomic mass is 10.0. The minimum absolute atomic E-state index is 0.0386. The molecule has 5 nitrogen and oxygen atoms in total. The quantitative estimate of drug-likeness (QED) is 0.855. The van der Waals surface area contributed by atoms with Gasteiger partial charge in [0.1, 0.15) is 0 Å². The molecule has 0 bridgehead atoms. The van der Waals surface area contributed by atoms with E-state index in [1.165, 1.54) is 5.56 Å². The molecule has 0 aromatic heterocycles. The lowest BCUT2D eigenvalue weighted by Gasteiger charge is -2.23. The van der Waals surface area contributed by atoms with Crippen LogP contribution in [0.3, 0.4) is 0 Å². The minimum Gasteiger partial charge on any atom is -0.380 e. The first-order valence-electron chi connectivity index (χ1n) is 8.83. The summed E-state index contributed by atoms with van der Waals surface area (Å²) >= 11 is 0. The van der Waals surface area contributed by atoms with Gasteiger partial charge >= 0.3 is 0 Å². The molecule has 2 saturated heterocycles. The van der Waals surface area contributed by atoms with Crippen molar-refractivity contribution in [3.05, 3.63) is 29.8 Å². The van der Waals surface area contributed by atoms with Crippen molar-refractivity contribution in [2.24, 2.45) is 5.92 Å². The predicted octanol–water partition coefficient (Wildman–Crippen LogP) is 2.41. The number of ether oxygens (including phenoxy) is 1. The first kappa shape index (κ1) is 17.0. The van der Waals surface area contributed by atoms with Gasteiger partial charge in [0.2, 0.25) is 11.8 Å². The van der Waals surface area contributed by atoms with Crippen LogP contribution < -0.4 is 4.90 Å². The van der Waals surface area contributed by atoms with Crippen LogP contribution >= 0.6 is 0 Å². The van der Waals surface area contributed by atoms with Crippen LogP contribution in [-0.2, 0) is 14.3 Å². The van der Waals surface area contributed by atoms with E-state index < -0.39 is 0 Å². The van der Waals surface area contributed by atoms with E-state index in [9.17, 15) is 9.59 Å². The molecular weight excluding hydrogens is 304 g/mol. The van der Waals surface area contributed by atoms with Crippen LogP contribution in [0.5, 0.6) is 0 Å². The van der Waals surface area contributed by atoms with Crippen LogP contribution in [0.25, 0.3) is 0 Å². The van der Waals surface area contributed by atoms with Crippen molar-refractivity contribution in [2.75, 3.05) is 37.7 Å². The Morgan fingerprint density at radius 2 is 1.92 bits per heavy atom. The molecule has 0 saturated carbocycles. The van der Waals surface area contributed by atoms with E-state index in [0.717, 1.165) is 18.7 Å². The highest BCUT2D eigenvalue weighted by Crippen LogP contribution is 2.28. The van der Waals surface area contributed by atoms with E-state index >= 15 is 0 Å². The van der Waals surface area contributed by atoms with E-state index in [0.29, 0.717) is 38.6 Å². The largest absolute Gasteiger partial charge is 0.380 e. The van der Waals surface area contributed by atoms with Gasteiger partial charge in [0.25, 0.3) is 0 Å². The SMILES string of the molecule is CC(C)c1ccc(N2CC(C(=O)N3CCCOCC3)CC2=O)cc1. The van der Waals surface area contributed by atoms with E-state index in [1.54, 1.807) is 4.90 Å². The summed E-state index contributed by atoms with van der Waals surface area (Å²) in [5.74, 6) is 0.361. The predicted molar refractivity (Wildman–Crippen MR) is 93.0 cm³/mol. The first-order valence-corrected chi connectivity index (χ1v) is 8.83. The van der Waals surface area contributed by atoms with E-state index in [1.807, 2.05) is 17.0 Å². The van der Waals surface area contributed by atoms with Crippen molar-refractivity contribution in [3.63, 3.8) is 0 Å². The summed E-state index contributed by atoms with van der Waals surface area (Å²) < 4.78 is 5.41. The van der Waals surface area contributed by atoms with E-state index in [-0.39, 0.29) is 17.7 Å². The van der Waals surface area contributed by atoms with Gasteiger partial charge in [-0.1, -0.05) is 26.0 Å². The topological polar surface area (TPSA) is 49.9 Å². The molecule has 1 aromatic carbocycles. The number of hydrogen-bond donors (Lipinski definition) is 0. The molecule has 130 valence electrons. The lowest BCUT2D eigenvalue weighted by Crippen LogP contribution is -2.39.